The highest BCUT2D eigenvalue weighted by atomic mass is 16.1. The number of fused-ring (bicyclic) bond motifs is 1. The summed E-state index contributed by atoms with van der Waals surface area (Å²) >= 11 is 0. The Morgan fingerprint density at radius 1 is 1.41 bits per heavy atom. The van der Waals surface area contributed by atoms with Crippen molar-refractivity contribution in [1.82, 2.24) is 10.3 Å². The Bertz CT molecular complexity index is 534. The standard InChI is InChI=1S/C13H15N3O/c1-9(8-14)16-13(17)11-6-7-15-12-5-3-2-4-10(11)12/h2-7,9H,8,14H2,1H3,(H,16,17). The molecule has 0 saturated carbocycles. The van der Waals surface area contributed by atoms with Gasteiger partial charge in [0.2, 0.25) is 0 Å². The minimum absolute atomic E-state index is 0.0329. The largest absolute Gasteiger partial charge is 0.348 e. The number of benzene rings is 1. The molecule has 1 heterocycles. The number of hydrogen-bond donors (Lipinski definition) is 2. The molecule has 2 aromatic rings. The number of nitrogens with two attached hydrogens (primary N) is 1. The fraction of sp³-hybridized carbons (Fsp3) is 0.231. The maximum absolute atomic E-state index is 12.0. The van der Waals surface area contributed by atoms with Crippen LogP contribution in [-0.2, 0) is 0 Å². The molecule has 0 bridgehead atoms. The van der Waals surface area contributed by atoms with Crippen molar-refractivity contribution in [2.45, 2.75) is 13.0 Å². The third kappa shape index (κ3) is 2.42. The molecular weight excluding hydrogens is 214 g/mol. The topological polar surface area (TPSA) is 68.0 Å². The van der Waals surface area contributed by atoms with Crippen LogP contribution in [0.25, 0.3) is 10.9 Å². The summed E-state index contributed by atoms with van der Waals surface area (Å²) in [5, 5.41) is 3.70. The van der Waals surface area contributed by atoms with Crippen LogP contribution >= 0.6 is 0 Å². The molecule has 2 rings (SSSR count). The molecule has 1 amide bonds. The number of para-hydroxylation sites is 1. The van der Waals surface area contributed by atoms with E-state index in [2.05, 4.69) is 10.3 Å². The molecule has 0 radical (unpaired) electrons. The number of nitrogens with one attached hydrogen (secondary N) is 1. The van der Waals surface area contributed by atoms with Gasteiger partial charge < -0.3 is 11.1 Å². The number of carbonyl (C=O) groups is 1. The van der Waals surface area contributed by atoms with Crippen LogP contribution in [-0.4, -0.2) is 23.5 Å². The van der Waals surface area contributed by atoms with Crippen LogP contribution in [0.3, 0.4) is 0 Å². The predicted molar refractivity (Wildman–Crippen MR) is 67.7 cm³/mol. The van der Waals surface area contributed by atoms with Crippen LogP contribution in [0.2, 0.25) is 0 Å². The highest BCUT2D eigenvalue weighted by Gasteiger charge is 2.11. The van der Waals surface area contributed by atoms with E-state index in [1.54, 1.807) is 12.3 Å². The van der Waals surface area contributed by atoms with Crippen molar-refractivity contribution in [1.29, 1.82) is 0 Å². The average Bonchev–Trinajstić information content (AvgIpc) is 2.37. The normalized spacial score (nSPS) is 12.4. The number of hydrogen-bond acceptors (Lipinski definition) is 3. The fourth-order valence-corrected chi connectivity index (χ4v) is 1.65. The van der Waals surface area contributed by atoms with Crippen LogP contribution in [0.4, 0.5) is 0 Å². The van der Waals surface area contributed by atoms with Gasteiger partial charge in [-0.25, -0.2) is 0 Å². The highest BCUT2D eigenvalue weighted by Crippen LogP contribution is 2.15. The minimum atomic E-state index is -0.110. The number of pyridine rings is 1. The van der Waals surface area contributed by atoms with Gasteiger partial charge in [-0.3, -0.25) is 9.78 Å². The van der Waals surface area contributed by atoms with E-state index in [1.807, 2.05) is 31.2 Å². The number of rotatable bonds is 3. The van der Waals surface area contributed by atoms with Crippen molar-refractivity contribution in [2.24, 2.45) is 5.73 Å². The molecule has 88 valence electrons. The summed E-state index contributed by atoms with van der Waals surface area (Å²) in [5.41, 5.74) is 6.94. The fourth-order valence-electron chi connectivity index (χ4n) is 1.65. The summed E-state index contributed by atoms with van der Waals surface area (Å²) in [5.74, 6) is -0.110. The van der Waals surface area contributed by atoms with E-state index in [0.29, 0.717) is 12.1 Å². The van der Waals surface area contributed by atoms with E-state index in [-0.39, 0.29) is 11.9 Å². The van der Waals surface area contributed by atoms with Crippen molar-refractivity contribution in [3.8, 4) is 0 Å². The van der Waals surface area contributed by atoms with Gasteiger partial charge in [0, 0.05) is 24.2 Å². The Labute approximate surface area is 99.8 Å². The maximum atomic E-state index is 12.0. The molecule has 0 aliphatic carbocycles. The quantitative estimate of drug-likeness (QED) is 0.833. The van der Waals surface area contributed by atoms with Crippen molar-refractivity contribution >= 4 is 16.8 Å². The second-order valence-corrected chi connectivity index (χ2v) is 3.99. The molecular formula is C13H15N3O. The summed E-state index contributed by atoms with van der Waals surface area (Å²) in [6, 6.07) is 9.27. The zero-order valence-corrected chi connectivity index (χ0v) is 9.68. The van der Waals surface area contributed by atoms with E-state index in [1.165, 1.54) is 0 Å². The number of nitrogens with zero attached hydrogens (tertiary/aromatic N) is 1. The first-order valence-corrected chi connectivity index (χ1v) is 5.57. The molecule has 1 aromatic carbocycles. The summed E-state index contributed by atoms with van der Waals surface area (Å²) in [7, 11) is 0. The Morgan fingerprint density at radius 3 is 2.94 bits per heavy atom. The van der Waals surface area contributed by atoms with Gasteiger partial charge in [-0.15, -0.1) is 0 Å². The molecule has 0 aliphatic rings. The SMILES string of the molecule is CC(CN)NC(=O)c1ccnc2ccccc12. The van der Waals surface area contributed by atoms with Crippen molar-refractivity contribution < 1.29 is 4.79 Å². The van der Waals surface area contributed by atoms with Gasteiger partial charge >= 0.3 is 0 Å². The summed E-state index contributed by atoms with van der Waals surface area (Å²) < 4.78 is 0. The monoisotopic (exact) mass is 229 g/mol. The molecule has 4 nitrogen and oxygen atoms in total. The second kappa shape index (κ2) is 4.93. The zero-order valence-electron chi connectivity index (χ0n) is 9.68. The maximum Gasteiger partial charge on any atom is 0.252 e. The van der Waals surface area contributed by atoms with Crippen molar-refractivity contribution in [3.05, 3.63) is 42.1 Å². The molecule has 0 aliphatic heterocycles. The van der Waals surface area contributed by atoms with E-state index < -0.39 is 0 Å². The summed E-state index contributed by atoms with van der Waals surface area (Å²) in [6.45, 7) is 2.30. The van der Waals surface area contributed by atoms with Gasteiger partial charge in [-0.1, -0.05) is 18.2 Å². The number of carbonyl (C=O) groups excluding carboxylic acids is 1. The van der Waals surface area contributed by atoms with E-state index >= 15 is 0 Å². The first kappa shape index (κ1) is 11.5. The van der Waals surface area contributed by atoms with E-state index in [4.69, 9.17) is 5.73 Å². The smallest absolute Gasteiger partial charge is 0.252 e. The highest BCUT2D eigenvalue weighted by molar-refractivity contribution is 6.06. The molecule has 1 aromatic heterocycles. The van der Waals surface area contributed by atoms with Gasteiger partial charge in [0.15, 0.2) is 0 Å². The van der Waals surface area contributed by atoms with Gasteiger partial charge in [0.25, 0.3) is 5.91 Å². The lowest BCUT2D eigenvalue weighted by molar-refractivity contribution is 0.0943. The molecule has 4 heteroatoms. The molecule has 0 fully saturated rings. The van der Waals surface area contributed by atoms with E-state index in [9.17, 15) is 4.79 Å². The Kier molecular flexibility index (Phi) is 3.35. The Morgan fingerprint density at radius 2 is 2.18 bits per heavy atom. The number of amides is 1. The van der Waals surface area contributed by atoms with Crippen LogP contribution in [0, 0.1) is 0 Å². The molecule has 1 unspecified atom stereocenters. The van der Waals surface area contributed by atoms with Crippen LogP contribution in [0.1, 0.15) is 17.3 Å². The second-order valence-electron chi connectivity index (χ2n) is 3.99. The zero-order chi connectivity index (χ0) is 12.3. The molecule has 1 atom stereocenters. The Balaban J connectivity index is 2.38. The first-order valence-electron chi connectivity index (χ1n) is 5.57. The Hall–Kier alpha value is -1.94. The van der Waals surface area contributed by atoms with Crippen molar-refractivity contribution in [2.75, 3.05) is 6.54 Å². The molecule has 3 N–H and O–H groups in total. The summed E-state index contributed by atoms with van der Waals surface area (Å²) in [4.78, 5) is 16.3. The van der Waals surface area contributed by atoms with Gasteiger partial charge in [-0.05, 0) is 19.1 Å². The van der Waals surface area contributed by atoms with Crippen LogP contribution in [0.15, 0.2) is 36.5 Å². The lowest BCUT2D eigenvalue weighted by Crippen LogP contribution is -2.37. The van der Waals surface area contributed by atoms with Gasteiger partial charge in [-0.2, -0.15) is 0 Å². The lowest BCUT2D eigenvalue weighted by atomic mass is 10.1. The van der Waals surface area contributed by atoms with Crippen LogP contribution < -0.4 is 11.1 Å². The third-order valence-electron chi connectivity index (χ3n) is 2.62. The lowest BCUT2D eigenvalue weighted by Gasteiger charge is -2.12. The minimum Gasteiger partial charge on any atom is -0.348 e. The van der Waals surface area contributed by atoms with Gasteiger partial charge in [0.05, 0.1) is 11.1 Å². The van der Waals surface area contributed by atoms with Crippen molar-refractivity contribution in [3.63, 3.8) is 0 Å². The molecule has 0 saturated heterocycles. The first-order chi connectivity index (χ1) is 8.22. The molecule has 17 heavy (non-hydrogen) atoms. The summed E-state index contributed by atoms with van der Waals surface area (Å²) in [6.07, 6.45) is 1.64. The number of aromatic nitrogens is 1. The third-order valence-corrected chi connectivity index (χ3v) is 2.62. The molecule has 0 spiro atoms. The predicted octanol–water partition coefficient (Wildman–Crippen LogP) is 1.31. The van der Waals surface area contributed by atoms with E-state index in [0.717, 1.165) is 10.9 Å². The van der Waals surface area contributed by atoms with Crippen LogP contribution in [0.5, 0.6) is 0 Å². The average molecular weight is 229 g/mol. The van der Waals surface area contributed by atoms with Gasteiger partial charge in [0.1, 0.15) is 0 Å².